The Morgan fingerprint density at radius 3 is 2.15 bits per heavy atom. The number of anilines is 1. The summed E-state index contributed by atoms with van der Waals surface area (Å²) >= 11 is 0.779. The van der Waals surface area contributed by atoms with Crippen molar-refractivity contribution in [1.82, 2.24) is 0 Å². The molecular weight excluding hydrogens is 865 g/mol. The molecule has 14 nitrogen and oxygen atoms in total. The van der Waals surface area contributed by atoms with Gasteiger partial charge in [0.1, 0.15) is 20.2 Å². The lowest BCUT2D eigenvalue weighted by atomic mass is 9.78. The van der Waals surface area contributed by atoms with Gasteiger partial charge in [0.15, 0.2) is 12.3 Å². The average molecular weight is 908 g/mol. The maximum atomic E-state index is 11.9. The quantitative estimate of drug-likeness (QED) is 0.0476. The minimum atomic E-state index is -4.71. The fourth-order valence-corrected chi connectivity index (χ4v) is 10.8. The molecule has 0 bridgehead atoms. The van der Waals surface area contributed by atoms with Crippen molar-refractivity contribution in [2.75, 3.05) is 29.5 Å². The second-order valence-electron chi connectivity index (χ2n) is 16.4. The minimum absolute atomic E-state index is 0.0523. The summed E-state index contributed by atoms with van der Waals surface area (Å²) in [5, 5.41) is 16.9. The molecule has 0 saturated heterocycles. The number of benzene rings is 4. The first-order chi connectivity index (χ1) is 28.5. The van der Waals surface area contributed by atoms with E-state index in [1.54, 1.807) is 24.3 Å². The number of hydrogen-bond donors (Lipinski definition) is 0. The monoisotopic (exact) mass is 907 g/mol. The highest BCUT2D eigenvalue weighted by Crippen LogP contribution is 2.51. The molecule has 0 spiro atoms. The van der Waals surface area contributed by atoms with E-state index in [1.807, 2.05) is 92.7 Å². The van der Waals surface area contributed by atoms with E-state index in [9.17, 15) is 44.2 Å². The zero-order chi connectivity index (χ0) is 44.3. The Morgan fingerprint density at radius 1 is 0.787 bits per heavy atom. The average Bonchev–Trinajstić information content (AvgIpc) is 3.54. The fourth-order valence-electron chi connectivity index (χ4n) is 9.12. The highest BCUT2D eigenvalue weighted by atomic mass is 32.2. The van der Waals surface area contributed by atoms with E-state index in [0.717, 1.165) is 87.0 Å². The molecule has 0 saturated carbocycles. The molecule has 61 heavy (non-hydrogen) atoms. The van der Waals surface area contributed by atoms with Crippen LogP contribution in [0.5, 0.6) is 0 Å². The molecule has 0 amide bonds. The van der Waals surface area contributed by atoms with Crippen LogP contribution in [0.4, 0.5) is 11.4 Å². The van der Waals surface area contributed by atoms with Gasteiger partial charge in [0, 0.05) is 45.9 Å². The van der Waals surface area contributed by atoms with E-state index in [0.29, 0.717) is 21.4 Å². The summed E-state index contributed by atoms with van der Waals surface area (Å²) in [6, 6.07) is 16.9. The van der Waals surface area contributed by atoms with Gasteiger partial charge in [0.05, 0.1) is 44.0 Å². The van der Waals surface area contributed by atoms with E-state index in [4.69, 9.17) is 0 Å². The van der Waals surface area contributed by atoms with Crippen LogP contribution in [0.25, 0.3) is 21.5 Å². The normalized spacial score (nSPS) is 19.3. The van der Waals surface area contributed by atoms with Gasteiger partial charge in [-0.05, 0) is 126 Å². The first kappa shape index (κ1) is 44.8. The largest absolute Gasteiger partial charge is 0.748 e. The fraction of sp³-hybridized carbons (Fsp3) is 0.326. The number of nitrogens with zero attached hydrogens (tertiary/aromatic N) is 2. The van der Waals surface area contributed by atoms with Crippen molar-refractivity contribution in [2.24, 2.45) is 0 Å². The van der Waals surface area contributed by atoms with Gasteiger partial charge in [-0.25, -0.2) is 25.3 Å². The molecule has 0 fully saturated rings. The van der Waals surface area contributed by atoms with Crippen LogP contribution in [0, 0.1) is 0 Å². The Labute approximate surface area is 359 Å². The molecule has 0 radical (unpaired) electrons. The van der Waals surface area contributed by atoms with Crippen molar-refractivity contribution < 1.29 is 58.1 Å². The Hall–Kier alpha value is -4.21. The highest BCUT2D eigenvalue weighted by molar-refractivity contribution is 7.94. The maximum absolute atomic E-state index is 11.9. The third-order valence-electron chi connectivity index (χ3n) is 11.9. The highest BCUT2D eigenvalue weighted by Gasteiger charge is 2.46. The molecular formula is C43H43N2O12S4-3. The molecule has 18 heteroatoms. The lowest BCUT2D eigenvalue weighted by molar-refractivity contribution is -0.777. The van der Waals surface area contributed by atoms with Crippen molar-refractivity contribution in [3.8, 4) is 0 Å². The minimum Gasteiger partial charge on any atom is -0.748 e. The van der Waals surface area contributed by atoms with Crippen LogP contribution in [-0.4, -0.2) is 73.8 Å². The van der Waals surface area contributed by atoms with Crippen molar-refractivity contribution in [3.63, 3.8) is 0 Å². The summed E-state index contributed by atoms with van der Waals surface area (Å²) in [7, 11) is -13.8. The van der Waals surface area contributed by atoms with E-state index < -0.39 is 52.7 Å². The molecule has 0 unspecified atom stereocenters. The third kappa shape index (κ3) is 9.02. The molecule has 1 aliphatic carbocycles. The molecule has 2 heterocycles. The van der Waals surface area contributed by atoms with Crippen LogP contribution in [0.1, 0.15) is 65.0 Å². The van der Waals surface area contributed by atoms with Gasteiger partial charge in [0.25, 0.3) is 0 Å². The first-order valence-electron chi connectivity index (χ1n) is 19.3. The van der Waals surface area contributed by atoms with Gasteiger partial charge in [-0.3, -0.25) is 5.04 Å². The number of allylic oxidation sites excluding steroid dienone is 8. The standard InChI is InChI=1S/C43H46N2O12S4/c1-27-28(11-19-38-42(2,3)40-34-15-13-32(58-57-56-46)25-30(34)9-17-36(40)44(38)21-23-59(47,48)49)7-6-8-29(27)12-20-39-43(4,5)41-35-16-14-33(61(53,54)55)26-31(35)10-18-37(41)45(39)22-24-60(50,51)52/h9-20,25-26H,6-8,21-24H2,1-5H3,(H3-,46,47,48,49,50,51,52,53,54,55)/p-3. The molecule has 0 atom stereocenters. The van der Waals surface area contributed by atoms with Crippen LogP contribution >= 0.6 is 12.0 Å². The molecule has 4 aromatic carbocycles. The predicted molar refractivity (Wildman–Crippen MR) is 228 cm³/mol. The van der Waals surface area contributed by atoms with Gasteiger partial charge in [-0.2, -0.15) is 8.91 Å². The number of hydrogen-bond acceptors (Lipinski definition) is 14. The molecule has 7 rings (SSSR count). The van der Waals surface area contributed by atoms with Crippen molar-refractivity contribution in [1.29, 1.82) is 0 Å². The molecule has 2 aliphatic heterocycles. The Kier molecular flexibility index (Phi) is 12.1. The summed E-state index contributed by atoms with van der Waals surface area (Å²) in [6.45, 7) is 9.90. The van der Waals surface area contributed by atoms with E-state index in [1.165, 1.54) is 12.1 Å². The Bertz CT molecular complexity index is 2980. The smallest absolute Gasteiger partial charge is 0.210 e. The predicted octanol–water partition coefficient (Wildman–Crippen LogP) is 6.26. The van der Waals surface area contributed by atoms with Crippen molar-refractivity contribution >= 4 is 81.0 Å². The second-order valence-corrected chi connectivity index (χ2v) is 21.6. The van der Waals surface area contributed by atoms with Gasteiger partial charge in [-0.1, -0.05) is 44.2 Å². The molecule has 3 aliphatic rings. The zero-order valence-corrected chi connectivity index (χ0v) is 37.2. The zero-order valence-electron chi connectivity index (χ0n) is 34.0. The van der Waals surface area contributed by atoms with Gasteiger partial charge in [-0.15, -0.1) is 0 Å². The summed E-state index contributed by atoms with van der Waals surface area (Å²) in [4.78, 5) is 2.17. The topological polar surface area (TPSA) is 219 Å². The lowest BCUT2D eigenvalue weighted by Gasteiger charge is -2.28. The molecule has 4 aromatic rings. The SMILES string of the molecule is CC1=C(/C=C/C2=[N+](CCS(=O)(=O)[O-])c3ccc4cc(S(=O)(=O)[O-])ccc4c3C2(C)C)CCC/C1=C\C=C1\N(CCS(=O)(=O)[O-])c2ccc3cc(SOO[O-])ccc3c2C1(C)C. The summed E-state index contributed by atoms with van der Waals surface area (Å²) in [5.74, 6) is -1.24. The molecule has 0 aromatic heterocycles. The van der Waals surface area contributed by atoms with Crippen molar-refractivity contribution in [2.45, 2.75) is 74.5 Å². The van der Waals surface area contributed by atoms with E-state index in [-0.39, 0.29) is 18.0 Å². The van der Waals surface area contributed by atoms with Crippen LogP contribution in [-0.2, 0) is 50.6 Å². The van der Waals surface area contributed by atoms with Gasteiger partial charge in [0.2, 0.25) is 5.69 Å². The summed E-state index contributed by atoms with van der Waals surface area (Å²) < 4.78 is 113. The lowest BCUT2D eigenvalue weighted by Crippen LogP contribution is -2.30. The van der Waals surface area contributed by atoms with Crippen LogP contribution < -0.4 is 10.2 Å². The second kappa shape index (κ2) is 16.5. The van der Waals surface area contributed by atoms with Crippen LogP contribution in [0.3, 0.4) is 0 Å². The van der Waals surface area contributed by atoms with Gasteiger partial charge >= 0.3 is 0 Å². The maximum Gasteiger partial charge on any atom is 0.210 e. The first-order valence-corrected chi connectivity index (χ1v) is 24.6. The number of rotatable bonds is 13. The van der Waals surface area contributed by atoms with Gasteiger partial charge < -0.3 is 23.8 Å². The molecule has 0 N–H and O–H groups in total. The third-order valence-corrected chi connectivity index (χ3v) is 14.7. The van der Waals surface area contributed by atoms with Crippen LogP contribution in [0.15, 0.2) is 117 Å². The summed E-state index contributed by atoms with van der Waals surface area (Å²) in [6.07, 6.45) is 10.3. The van der Waals surface area contributed by atoms with Crippen LogP contribution in [0.2, 0.25) is 0 Å². The number of fused-ring (bicyclic) bond motifs is 6. The van der Waals surface area contributed by atoms with Crippen molar-refractivity contribution in [3.05, 3.63) is 119 Å². The van der Waals surface area contributed by atoms with E-state index in [2.05, 4.69) is 9.37 Å². The molecule has 324 valence electrons. The Morgan fingerprint density at radius 2 is 1.46 bits per heavy atom. The van der Waals surface area contributed by atoms with E-state index >= 15 is 0 Å². The summed E-state index contributed by atoms with van der Waals surface area (Å²) in [5.41, 5.74) is 6.48. The Balaban J connectivity index is 1.28.